The maximum absolute atomic E-state index is 12.7. The highest BCUT2D eigenvalue weighted by molar-refractivity contribution is 5.81. The van der Waals surface area contributed by atoms with E-state index in [1.165, 1.54) is 17.8 Å². The van der Waals surface area contributed by atoms with Crippen molar-refractivity contribution >= 4 is 17.7 Å². The largest absolute Gasteiger partial charge is 0.459 e. The summed E-state index contributed by atoms with van der Waals surface area (Å²) in [7, 11) is 0. The summed E-state index contributed by atoms with van der Waals surface area (Å²) in [5, 5.41) is 17.6. The molecule has 10 nitrogen and oxygen atoms in total. The Morgan fingerprint density at radius 3 is 2.12 bits per heavy atom. The third-order valence-electron chi connectivity index (χ3n) is 4.50. The van der Waals surface area contributed by atoms with Crippen molar-refractivity contribution in [3.8, 4) is 0 Å². The van der Waals surface area contributed by atoms with Gasteiger partial charge in [0, 0.05) is 0 Å². The molecule has 10 heteroatoms. The van der Waals surface area contributed by atoms with E-state index in [1.54, 1.807) is 24.3 Å². The van der Waals surface area contributed by atoms with Crippen LogP contribution in [0.1, 0.15) is 16.8 Å². The summed E-state index contributed by atoms with van der Waals surface area (Å²) in [6.45, 7) is 1.35. The fourth-order valence-corrected chi connectivity index (χ4v) is 2.88. The van der Waals surface area contributed by atoms with Gasteiger partial charge in [0.1, 0.15) is 31.1 Å². The van der Waals surface area contributed by atoms with Crippen LogP contribution in [0.2, 0.25) is 0 Å². The number of esters is 1. The summed E-state index contributed by atoms with van der Waals surface area (Å²) in [4.78, 5) is 35.5. The van der Waals surface area contributed by atoms with Crippen LogP contribution in [0.4, 0.5) is 10.5 Å². The van der Waals surface area contributed by atoms with Crippen LogP contribution in [0.3, 0.4) is 0 Å². The molecule has 3 rings (SSSR count). The molecule has 0 aliphatic carbocycles. The van der Waals surface area contributed by atoms with Gasteiger partial charge in [-0.1, -0.05) is 60.7 Å². The minimum absolute atomic E-state index is 0.00913. The van der Waals surface area contributed by atoms with Crippen molar-refractivity contribution in [1.29, 1.82) is 0 Å². The molecule has 1 N–H and O–H groups in total. The zero-order chi connectivity index (χ0) is 22.9. The average molecular weight is 438 g/mol. The summed E-state index contributed by atoms with van der Waals surface area (Å²) < 4.78 is 11.7. The number of aromatic nitrogens is 2. The van der Waals surface area contributed by atoms with Crippen LogP contribution in [0.25, 0.3) is 0 Å². The standard InChI is InChI=1S/C22H22N4O6/c1-16-20(26(29)30)13-25(24-16)12-19(21(27)31-14-17-8-4-2-5-9-17)23-22(28)32-15-18-10-6-3-7-11-18/h2-11,13,19H,12,14-15H2,1H3,(H,23,28)/t19-/m0/s1. The van der Waals surface area contributed by atoms with Crippen molar-refractivity contribution in [2.45, 2.75) is 32.7 Å². The van der Waals surface area contributed by atoms with E-state index in [4.69, 9.17) is 9.47 Å². The summed E-state index contributed by atoms with van der Waals surface area (Å²) in [5.74, 6) is -0.721. The van der Waals surface area contributed by atoms with Crippen molar-refractivity contribution in [3.63, 3.8) is 0 Å². The highest BCUT2D eigenvalue weighted by atomic mass is 16.6. The van der Waals surface area contributed by atoms with Gasteiger partial charge >= 0.3 is 17.7 Å². The van der Waals surface area contributed by atoms with E-state index in [9.17, 15) is 19.7 Å². The third kappa shape index (κ3) is 6.39. The van der Waals surface area contributed by atoms with Crippen molar-refractivity contribution < 1.29 is 24.0 Å². The number of nitro groups is 1. The van der Waals surface area contributed by atoms with Crippen LogP contribution < -0.4 is 5.32 Å². The van der Waals surface area contributed by atoms with E-state index < -0.39 is 23.0 Å². The highest BCUT2D eigenvalue weighted by Gasteiger charge is 2.26. The minimum Gasteiger partial charge on any atom is -0.459 e. The minimum atomic E-state index is -1.17. The maximum Gasteiger partial charge on any atom is 0.408 e. The molecule has 0 spiro atoms. The Morgan fingerprint density at radius 1 is 1.03 bits per heavy atom. The van der Waals surface area contributed by atoms with Crippen LogP contribution >= 0.6 is 0 Å². The lowest BCUT2D eigenvalue weighted by Crippen LogP contribution is -2.45. The number of hydrogen-bond donors (Lipinski definition) is 1. The van der Waals surface area contributed by atoms with Gasteiger partial charge in [0.05, 0.1) is 11.5 Å². The van der Waals surface area contributed by atoms with E-state index in [2.05, 4.69) is 10.4 Å². The molecule has 1 aromatic heterocycles. The summed E-state index contributed by atoms with van der Waals surface area (Å²) in [5.41, 5.74) is 1.56. The average Bonchev–Trinajstić information content (AvgIpc) is 3.17. The first-order valence-electron chi connectivity index (χ1n) is 9.78. The number of carbonyl (C=O) groups is 2. The van der Waals surface area contributed by atoms with Crippen molar-refractivity contribution in [1.82, 2.24) is 15.1 Å². The lowest BCUT2D eigenvalue weighted by atomic mass is 10.2. The second-order valence-corrected chi connectivity index (χ2v) is 6.93. The molecule has 1 atom stereocenters. The van der Waals surface area contributed by atoms with Crippen LogP contribution in [0.5, 0.6) is 0 Å². The molecule has 0 aliphatic rings. The third-order valence-corrected chi connectivity index (χ3v) is 4.50. The van der Waals surface area contributed by atoms with Gasteiger partial charge in [0.15, 0.2) is 0 Å². The number of ether oxygens (including phenoxy) is 2. The molecule has 1 amide bonds. The summed E-state index contributed by atoms with van der Waals surface area (Å²) >= 11 is 0. The fraction of sp³-hybridized carbons (Fsp3) is 0.227. The second kappa shape index (κ2) is 10.7. The highest BCUT2D eigenvalue weighted by Crippen LogP contribution is 2.15. The van der Waals surface area contributed by atoms with E-state index in [1.807, 2.05) is 36.4 Å². The Bertz CT molecular complexity index is 1070. The number of aryl methyl sites for hydroxylation is 1. The van der Waals surface area contributed by atoms with Crippen LogP contribution in [0.15, 0.2) is 66.9 Å². The molecule has 3 aromatic rings. The number of benzene rings is 2. The molecule has 0 fully saturated rings. The molecular weight excluding hydrogens is 416 g/mol. The van der Waals surface area contributed by atoms with Crippen molar-refractivity contribution in [3.05, 3.63) is 93.8 Å². The monoisotopic (exact) mass is 438 g/mol. The van der Waals surface area contributed by atoms with Gasteiger partial charge in [-0.2, -0.15) is 5.10 Å². The summed E-state index contributed by atoms with van der Waals surface area (Å²) in [6, 6.07) is 16.9. The number of nitrogens with zero attached hydrogens (tertiary/aromatic N) is 3. The smallest absolute Gasteiger partial charge is 0.408 e. The zero-order valence-electron chi connectivity index (χ0n) is 17.3. The Morgan fingerprint density at radius 2 is 1.59 bits per heavy atom. The van der Waals surface area contributed by atoms with Gasteiger partial charge in [-0.25, -0.2) is 9.59 Å². The number of rotatable bonds is 9. The Hall–Kier alpha value is -4.21. The number of nitrogens with one attached hydrogen (secondary N) is 1. The molecule has 0 bridgehead atoms. The van der Waals surface area contributed by atoms with Gasteiger partial charge < -0.3 is 14.8 Å². The van der Waals surface area contributed by atoms with Gasteiger partial charge in [0.25, 0.3) is 0 Å². The molecule has 0 saturated carbocycles. The number of alkyl carbamates (subject to hydrolysis) is 1. The zero-order valence-corrected chi connectivity index (χ0v) is 17.3. The lowest BCUT2D eigenvalue weighted by molar-refractivity contribution is -0.385. The van der Waals surface area contributed by atoms with Crippen molar-refractivity contribution in [2.24, 2.45) is 0 Å². The van der Waals surface area contributed by atoms with Crippen molar-refractivity contribution in [2.75, 3.05) is 0 Å². The predicted molar refractivity (Wildman–Crippen MR) is 113 cm³/mol. The number of amides is 1. The first kappa shape index (κ1) is 22.5. The molecule has 32 heavy (non-hydrogen) atoms. The lowest BCUT2D eigenvalue weighted by Gasteiger charge is -2.17. The van der Waals surface area contributed by atoms with Gasteiger partial charge in [-0.3, -0.25) is 14.8 Å². The Balaban J connectivity index is 1.67. The van der Waals surface area contributed by atoms with E-state index in [-0.39, 0.29) is 31.1 Å². The molecule has 0 saturated heterocycles. The van der Waals surface area contributed by atoms with Gasteiger partial charge in [0.2, 0.25) is 0 Å². The molecule has 2 aromatic carbocycles. The number of carbonyl (C=O) groups excluding carboxylic acids is 2. The van der Waals surface area contributed by atoms with E-state index in [0.717, 1.165) is 11.1 Å². The van der Waals surface area contributed by atoms with Crippen LogP contribution in [-0.2, 0) is 34.0 Å². The molecular formula is C22H22N4O6. The Kier molecular flexibility index (Phi) is 7.52. The molecule has 1 heterocycles. The maximum atomic E-state index is 12.7. The number of hydrogen-bond acceptors (Lipinski definition) is 7. The molecule has 0 aliphatic heterocycles. The summed E-state index contributed by atoms with van der Waals surface area (Å²) in [6.07, 6.45) is 0.373. The van der Waals surface area contributed by atoms with Crippen LogP contribution in [0, 0.1) is 17.0 Å². The predicted octanol–water partition coefficient (Wildman–Crippen LogP) is 3.14. The SMILES string of the molecule is Cc1nn(C[C@H](NC(=O)OCc2ccccc2)C(=O)OCc2ccccc2)cc1[N+](=O)[O-]. The molecule has 0 unspecified atom stereocenters. The van der Waals surface area contributed by atoms with Gasteiger partial charge in [-0.05, 0) is 18.1 Å². The first-order chi connectivity index (χ1) is 15.4. The van der Waals surface area contributed by atoms with Crippen LogP contribution in [-0.4, -0.2) is 32.8 Å². The second-order valence-electron chi connectivity index (χ2n) is 6.93. The molecule has 0 radical (unpaired) electrons. The topological polar surface area (TPSA) is 126 Å². The fourth-order valence-electron chi connectivity index (χ4n) is 2.88. The first-order valence-corrected chi connectivity index (χ1v) is 9.78. The van der Waals surface area contributed by atoms with Gasteiger partial charge in [-0.15, -0.1) is 0 Å². The Labute approximate surface area is 183 Å². The molecule has 166 valence electrons. The van der Waals surface area contributed by atoms with E-state index >= 15 is 0 Å². The van der Waals surface area contributed by atoms with E-state index in [0.29, 0.717) is 0 Å². The quantitative estimate of drug-likeness (QED) is 0.309. The normalized spacial score (nSPS) is 11.4.